The Bertz CT molecular complexity index is 520. The number of aromatic nitrogens is 2. The first-order chi connectivity index (χ1) is 8.43. The molecule has 2 aromatic rings. The summed E-state index contributed by atoms with van der Waals surface area (Å²) in [4.78, 5) is 11.4. The van der Waals surface area contributed by atoms with E-state index in [0.717, 1.165) is 17.1 Å². The van der Waals surface area contributed by atoms with Gasteiger partial charge in [0.15, 0.2) is 12.0 Å². The maximum atomic E-state index is 5.74. The lowest BCUT2D eigenvalue weighted by molar-refractivity contribution is 0.0436. The monoisotopic (exact) mass is 228 g/mol. The molecule has 3 rings (SSSR count). The lowest BCUT2D eigenvalue weighted by atomic mass is 10.2. The van der Waals surface area contributed by atoms with Crippen LogP contribution in [0.4, 0.5) is 5.82 Å². The van der Waals surface area contributed by atoms with Crippen LogP contribution in [0.3, 0.4) is 0 Å². The van der Waals surface area contributed by atoms with E-state index in [9.17, 15) is 0 Å². The van der Waals surface area contributed by atoms with Crippen LogP contribution in [-0.2, 0) is 11.3 Å². The molecule has 0 saturated heterocycles. The van der Waals surface area contributed by atoms with Gasteiger partial charge in [-0.1, -0.05) is 30.3 Å². The smallest absolute Gasteiger partial charge is 0.194 e. The predicted molar refractivity (Wildman–Crippen MR) is 64.7 cm³/mol. The van der Waals surface area contributed by atoms with Gasteiger partial charge in [0.05, 0.1) is 19.3 Å². The zero-order valence-electron chi connectivity index (χ0n) is 9.13. The number of hydrogen-bond acceptors (Lipinski definition) is 4. The van der Waals surface area contributed by atoms with Crippen LogP contribution in [0.5, 0.6) is 0 Å². The molecule has 5 nitrogen and oxygen atoms in total. The van der Waals surface area contributed by atoms with Gasteiger partial charge in [0.25, 0.3) is 0 Å². The topological polar surface area (TPSA) is 62.3 Å². The lowest BCUT2D eigenvalue weighted by Crippen LogP contribution is -2.12. The van der Waals surface area contributed by atoms with Crippen LogP contribution in [0.2, 0.25) is 0 Å². The van der Waals surface area contributed by atoms with Gasteiger partial charge in [0, 0.05) is 0 Å². The van der Waals surface area contributed by atoms with Crippen molar-refractivity contribution in [3.05, 3.63) is 47.9 Å². The van der Waals surface area contributed by atoms with Crippen molar-refractivity contribution in [2.75, 3.05) is 5.32 Å². The van der Waals surface area contributed by atoms with Crippen molar-refractivity contribution in [2.45, 2.75) is 12.8 Å². The molecule has 17 heavy (non-hydrogen) atoms. The van der Waals surface area contributed by atoms with Crippen molar-refractivity contribution >= 4 is 12.2 Å². The quantitative estimate of drug-likeness (QED) is 0.845. The molecule has 1 aliphatic rings. The summed E-state index contributed by atoms with van der Waals surface area (Å²) >= 11 is 0. The first-order valence-electron chi connectivity index (χ1n) is 5.40. The van der Waals surface area contributed by atoms with Crippen LogP contribution in [0.1, 0.15) is 17.5 Å². The van der Waals surface area contributed by atoms with Crippen molar-refractivity contribution in [3.63, 3.8) is 0 Å². The fraction of sp³-hybridized carbons (Fsp3) is 0.167. The van der Waals surface area contributed by atoms with Gasteiger partial charge in [0.2, 0.25) is 0 Å². The third-order valence-corrected chi connectivity index (χ3v) is 2.58. The fourth-order valence-electron chi connectivity index (χ4n) is 1.72. The molecule has 2 heterocycles. The minimum Gasteiger partial charge on any atom is -0.346 e. The first-order valence-corrected chi connectivity index (χ1v) is 5.40. The van der Waals surface area contributed by atoms with Gasteiger partial charge in [-0.15, -0.1) is 0 Å². The Balaban J connectivity index is 1.70. The number of nitrogens with zero attached hydrogens (tertiary/aromatic N) is 2. The largest absolute Gasteiger partial charge is 0.346 e. The number of benzene rings is 1. The number of hydrogen-bond donors (Lipinski definition) is 2. The molecule has 1 aliphatic heterocycles. The van der Waals surface area contributed by atoms with Gasteiger partial charge < -0.3 is 15.0 Å². The van der Waals surface area contributed by atoms with Crippen LogP contribution < -0.4 is 5.32 Å². The number of anilines is 1. The molecule has 0 fully saturated rings. The standard InChI is InChI=1S/C12H12N4O/c1-2-4-9(5-3-1)6-17-12-10-11(14-7-13-10)15-8-16-12/h1-5,7-8,12H,6H2,(H,13,14)(H,15,16). The highest BCUT2D eigenvalue weighted by Crippen LogP contribution is 2.26. The van der Waals surface area contributed by atoms with Crippen LogP contribution in [0, 0.1) is 0 Å². The van der Waals surface area contributed by atoms with Crippen molar-refractivity contribution in [2.24, 2.45) is 4.99 Å². The van der Waals surface area contributed by atoms with Crippen LogP contribution in [-0.4, -0.2) is 16.3 Å². The Morgan fingerprint density at radius 2 is 2.12 bits per heavy atom. The van der Waals surface area contributed by atoms with E-state index < -0.39 is 0 Å². The summed E-state index contributed by atoms with van der Waals surface area (Å²) in [5.41, 5.74) is 1.99. The summed E-state index contributed by atoms with van der Waals surface area (Å²) in [7, 11) is 0. The van der Waals surface area contributed by atoms with Gasteiger partial charge in [-0.3, -0.25) is 0 Å². The minimum atomic E-state index is -0.311. The summed E-state index contributed by atoms with van der Waals surface area (Å²) in [5.74, 6) is 0.776. The number of nitrogens with one attached hydrogen (secondary N) is 2. The van der Waals surface area contributed by atoms with E-state index in [1.807, 2.05) is 30.3 Å². The molecule has 0 radical (unpaired) electrons. The molecule has 5 heteroatoms. The highest BCUT2D eigenvalue weighted by atomic mass is 16.5. The van der Waals surface area contributed by atoms with E-state index in [1.165, 1.54) is 0 Å². The number of imidazole rings is 1. The number of aliphatic imine (C=N–C) groups is 1. The summed E-state index contributed by atoms with van der Waals surface area (Å²) in [6, 6.07) is 10.0. The average molecular weight is 228 g/mol. The van der Waals surface area contributed by atoms with Crippen molar-refractivity contribution in [1.29, 1.82) is 0 Å². The molecule has 0 spiro atoms. The molecule has 0 saturated carbocycles. The molecule has 1 unspecified atom stereocenters. The molecule has 86 valence electrons. The van der Waals surface area contributed by atoms with Crippen molar-refractivity contribution < 1.29 is 4.74 Å². The maximum absolute atomic E-state index is 5.74. The molecule has 0 aliphatic carbocycles. The Labute approximate surface area is 98.6 Å². The SMILES string of the molecule is C1=NC(OCc2ccccc2)c2[nH]cnc2N1. The van der Waals surface area contributed by atoms with Gasteiger partial charge in [-0.2, -0.15) is 0 Å². The second-order valence-corrected chi connectivity index (χ2v) is 3.74. The summed E-state index contributed by atoms with van der Waals surface area (Å²) in [6.45, 7) is 0.529. The summed E-state index contributed by atoms with van der Waals surface area (Å²) < 4.78 is 5.74. The molecule has 2 N–H and O–H groups in total. The Kier molecular flexibility index (Phi) is 2.59. The van der Waals surface area contributed by atoms with Crippen molar-refractivity contribution in [3.8, 4) is 0 Å². The fourth-order valence-corrected chi connectivity index (χ4v) is 1.72. The summed E-state index contributed by atoms with van der Waals surface area (Å²) in [5, 5.41) is 2.96. The van der Waals surface area contributed by atoms with E-state index in [1.54, 1.807) is 12.7 Å². The highest BCUT2D eigenvalue weighted by Gasteiger charge is 2.19. The zero-order valence-corrected chi connectivity index (χ0v) is 9.13. The number of H-pyrrole nitrogens is 1. The number of aromatic amines is 1. The van der Waals surface area contributed by atoms with Gasteiger partial charge >= 0.3 is 0 Å². The normalized spacial score (nSPS) is 17.5. The number of fused-ring (bicyclic) bond motifs is 1. The molecule has 1 atom stereocenters. The number of ether oxygens (including phenoxy) is 1. The maximum Gasteiger partial charge on any atom is 0.194 e. The molecule has 0 amide bonds. The van der Waals surface area contributed by atoms with E-state index in [4.69, 9.17) is 4.74 Å². The third kappa shape index (κ3) is 2.05. The molecule has 1 aromatic carbocycles. The van der Waals surface area contributed by atoms with E-state index in [-0.39, 0.29) is 6.23 Å². The Morgan fingerprint density at radius 3 is 3.00 bits per heavy atom. The minimum absolute atomic E-state index is 0.311. The lowest BCUT2D eigenvalue weighted by Gasteiger charge is -2.17. The second-order valence-electron chi connectivity index (χ2n) is 3.74. The highest BCUT2D eigenvalue weighted by molar-refractivity contribution is 5.77. The molecular weight excluding hydrogens is 216 g/mol. The first kappa shape index (κ1) is 10.0. The third-order valence-electron chi connectivity index (χ3n) is 2.58. The van der Waals surface area contributed by atoms with Crippen molar-refractivity contribution in [1.82, 2.24) is 9.97 Å². The second kappa shape index (κ2) is 4.39. The average Bonchev–Trinajstić information content (AvgIpc) is 2.86. The van der Waals surface area contributed by atoms with Crippen LogP contribution >= 0.6 is 0 Å². The van der Waals surface area contributed by atoms with Gasteiger partial charge in [-0.05, 0) is 5.56 Å². The van der Waals surface area contributed by atoms with E-state index in [2.05, 4.69) is 20.3 Å². The van der Waals surface area contributed by atoms with Gasteiger partial charge in [0.1, 0.15) is 5.69 Å². The Morgan fingerprint density at radius 1 is 1.24 bits per heavy atom. The Hall–Kier alpha value is -2.14. The van der Waals surface area contributed by atoms with Crippen LogP contribution in [0.25, 0.3) is 0 Å². The zero-order chi connectivity index (χ0) is 11.5. The molecule has 1 aromatic heterocycles. The molecule has 0 bridgehead atoms. The predicted octanol–water partition coefficient (Wildman–Crippen LogP) is 2.08. The van der Waals surface area contributed by atoms with E-state index in [0.29, 0.717) is 6.61 Å². The van der Waals surface area contributed by atoms with Crippen LogP contribution in [0.15, 0.2) is 41.7 Å². The molecular formula is C12H12N4O. The van der Waals surface area contributed by atoms with Gasteiger partial charge in [-0.25, -0.2) is 9.98 Å². The number of rotatable bonds is 3. The van der Waals surface area contributed by atoms with E-state index >= 15 is 0 Å². The summed E-state index contributed by atoms with van der Waals surface area (Å²) in [6.07, 6.45) is 2.93.